The van der Waals surface area contributed by atoms with Gasteiger partial charge in [0.1, 0.15) is 0 Å². The second-order valence-corrected chi connectivity index (χ2v) is 6.66. The van der Waals surface area contributed by atoms with Gasteiger partial charge in [0.25, 0.3) is 0 Å². The third-order valence-electron chi connectivity index (χ3n) is 4.28. The Hall–Kier alpha value is -1.19. The number of pyridine rings is 1. The summed E-state index contributed by atoms with van der Waals surface area (Å²) >= 11 is 1.87. The summed E-state index contributed by atoms with van der Waals surface area (Å²) in [5.74, 6) is 0.778. The number of hydrogen-bond acceptors (Lipinski definition) is 3. The predicted molar refractivity (Wildman–Crippen MR) is 84.8 cm³/mol. The van der Waals surface area contributed by atoms with Crippen LogP contribution < -0.4 is 5.32 Å². The molecule has 106 valence electrons. The summed E-state index contributed by atoms with van der Waals surface area (Å²) in [6, 6.07) is 11.4. The van der Waals surface area contributed by atoms with Crippen molar-refractivity contribution >= 4 is 11.3 Å². The van der Waals surface area contributed by atoms with E-state index >= 15 is 0 Å². The molecule has 1 N–H and O–H groups in total. The Labute approximate surface area is 125 Å². The van der Waals surface area contributed by atoms with Crippen molar-refractivity contribution < 1.29 is 0 Å². The van der Waals surface area contributed by atoms with Crippen LogP contribution in [0.3, 0.4) is 0 Å². The minimum absolute atomic E-state index is 0.295. The highest BCUT2D eigenvalue weighted by Gasteiger charge is 2.28. The molecule has 0 aromatic carbocycles. The van der Waals surface area contributed by atoms with Gasteiger partial charge in [-0.25, -0.2) is 0 Å². The third kappa shape index (κ3) is 3.10. The molecule has 1 saturated carbocycles. The monoisotopic (exact) mass is 286 g/mol. The zero-order valence-electron chi connectivity index (χ0n) is 12.0. The molecule has 0 radical (unpaired) electrons. The fourth-order valence-corrected chi connectivity index (χ4v) is 4.07. The van der Waals surface area contributed by atoms with E-state index in [1.807, 2.05) is 23.6 Å². The van der Waals surface area contributed by atoms with E-state index in [9.17, 15) is 0 Å². The highest BCUT2D eigenvalue weighted by Crippen LogP contribution is 2.38. The third-order valence-corrected chi connectivity index (χ3v) is 5.24. The molecule has 0 aliphatic heterocycles. The molecule has 2 heterocycles. The maximum Gasteiger partial charge on any atom is 0.0570 e. The van der Waals surface area contributed by atoms with Gasteiger partial charge in [-0.15, -0.1) is 11.3 Å². The molecule has 3 rings (SSSR count). The van der Waals surface area contributed by atoms with Gasteiger partial charge < -0.3 is 5.32 Å². The first-order valence-electron chi connectivity index (χ1n) is 7.55. The Kier molecular flexibility index (Phi) is 4.48. The molecule has 2 aromatic heterocycles. The highest BCUT2D eigenvalue weighted by atomic mass is 32.1. The first-order chi connectivity index (χ1) is 9.84. The van der Waals surface area contributed by atoms with Crippen LogP contribution in [0, 0.1) is 5.92 Å². The van der Waals surface area contributed by atoms with Crippen molar-refractivity contribution in [3.63, 3.8) is 0 Å². The van der Waals surface area contributed by atoms with E-state index in [-0.39, 0.29) is 0 Å². The van der Waals surface area contributed by atoms with Crippen LogP contribution in [0.1, 0.15) is 55.3 Å². The molecular weight excluding hydrogens is 264 g/mol. The van der Waals surface area contributed by atoms with Crippen molar-refractivity contribution in [3.8, 4) is 0 Å². The van der Waals surface area contributed by atoms with Gasteiger partial charge in [-0.2, -0.15) is 0 Å². The van der Waals surface area contributed by atoms with Crippen LogP contribution >= 0.6 is 11.3 Å². The summed E-state index contributed by atoms with van der Waals surface area (Å²) in [7, 11) is 0. The Morgan fingerprint density at radius 1 is 1.20 bits per heavy atom. The average Bonchev–Trinajstić information content (AvgIpc) is 3.19. The van der Waals surface area contributed by atoms with Crippen LogP contribution in [0.4, 0.5) is 0 Å². The van der Waals surface area contributed by atoms with Crippen LogP contribution in [0.2, 0.25) is 0 Å². The lowest BCUT2D eigenvalue weighted by atomic mass is 9.95. The lowest BCUT2D eigenvalue weighted by Gasteiger charge is -2.27. The second kappa shape index (κ2) is 6.51. The fraction of sp³-hybridized carbons (Fsp3) is 0.471. The first kappa shape index (κ1) is 13.8. The maximum atomic E-state index is 4.48. The Morgan fingerprint density at radius 2 is 2.05 bits per heavy atom. The molecule has 20 heavy (non-hydrogen) atoms. The van der Waals surface area contributed by atoms with Crippen LogP contribution in [-0.4, -0.2) is 4.98 Å². The second-order valence-electron chi connectivity index (χ2n) is 5.68. The largest absolute Gasteiger partial charge is 0.301 e. The lowest BCUT2D eigenvalue weighted by Crippen LogP contribution is -2.29. The molecule has 0 amide bonds. The van der Waals surface area contributed by atoms with E-state index < -0.39 is 0 Å². The minimum atomic E-state index is 0.295. The fourth-order valence-electron chi connectivity index (χ4n) is 3.20. The average molecular weight is 286 g/mol. The van der Waals surface area contributed by atoms with Crippen LogP contribution in [0.5, 0.6) is 0 Å². The smallest absolute Gasteiger partial charge is 0.0570 e. The molecule has 0 spiro atoms. The Balaban J connectivity index is 1.76. The summed E-state index contributed by atoms with van der Waals surface area (Å²) in [5.41, 5.74) is 1.13. The van der Waals surface area contributed by atoms with E-state index in [4.69, 9.17) is 0 Å². The van der Waals surface area contributed by atoms with Crippen LogP contribution in [0.15, 0.2) is 41.9 Å². The van der Waals surface area contributed by atoms with Crippen LogP contribution in [0.25, 0.3) is 0 Å². The molecule has 1 unspecified atom stereocenters. The van der Waals surface area contributed by atoms with E-state index in [2.05, 4.69) is 46.9 Å². The molecule has 2 nitrogen and oxygen atoms in total. The zero-order valence-corrected chi connectivity index (χ0v) is 12.8. The highest BCUT2D eigenvalue weighted by molar-refractivity contribution is 7.10. The van der Waals surface area contributed by atoms with Crippen molar-refractivity contribution in [3.05, 3.63) is 52.5 Å². The van der Waals surface area contributed by atoms with Gasteiger partial charge in [0.2, 0.25) is 0 Å². The number of nitrogens with one attached hydrogen (secondary N) is 1. The van der Waals surface area contributed by atoms with Gasteiger partial charge in [0, 0.05) is 23.2 Å². The molecule has 1 fully saturated rings. The summed E-state index contributed by atoms with van der Waals surface area (Å²) in [4.78, 5) is 5.95. The summed E-state index contributed by atoms with van der Waals surface area (Å²) < 4.78 is 0. The van der Waals surface area contributed by atoms with Gasteiger partial charge in [-0.1, -0.05) is 25.0 Å². The summed E-state index contributed by atoms with van der Waals surface area (Å²) in [6.07, 6.45) is 7.34. The Bertz CT molecular complexity index is 503. The molecule has 1 aliphatic rings. The predicted octanol–water partition coefficient (Wildman–Crippen LogP) is 4.73. The summed E-state index contributed by atoms with van der Waals surface area (Å²) in [6.45, 7) is 2.22. The molecule has 1 aliphatic carbocycles. The normalized spacial score (nSPS) is 19.1. The van der Waals surface area contributed by atoms with Crippen molar-refractivity contribution in [2.45, 2.75) is 44.7 Å². The molecular formula is C17H22N2S. The number of hydrogen-bond donors (Lipinski definition) is 1. The number of rotatable bonds is 5. The number of aromatic nitrogens is 1. The molecule has 0 saturated heterocycles. The van der Waals surface area contributed by atoms with Gasteiger partial charge in [0.15, 0.2) is 0 Å². The number of thiophene rings is 1. The minimum Gasteiger partial charge on any atom is -0.301 e. The standard InChI is InChI=1S/C17H22N2S/c1-13(15-9-4-5-11-18-15)19-17(14-7-2-3-8-14)16-10-6-12-20-16/h4-6,9-14,17,19H,2-3,7-8H2,1H3/t13-,17?/m1/s1. The van der Waals surface area contributed by atoms with E-state index in [0.29, 0.717) is 12.1 Å². The summed E-state index contributed by atoms with van der Waals surface area (Å²) in [5, 5.41) is 6.01. The quantitative estimate of drug-likeness (QED) is 0.860. The molecule has 2 atom stereocenters. The first-order valence-corrected chi connectivity index (χ1v) is 8.43. The molecule has 3 heteroatoms. The molecule has 2 aromatic rings. The van der Waals surface area contributed by atoms with Crippen molar-refractivity contribution in [1.29, 1.82) is 0 Å². The van der Waals surface area contributed by atoms with Gasteiger partial charge in [-0.3, -0.25) is 4.98 Å². The molecule has 0 bridgehead atoms. The van der Waals surface area contributed by atoms with E-state index in [1.165, 1.54) is 30.6 Å². The Morgan fingerprint density at radius 3 is 2.70 bits per heavy atom. The topological polar surface area (TPSA) is 24.9 Å². The maximum absolute atomic E-state index is 4.48. The number of nitrogens with zero attached hydrogens (tertiary/aromatic N) is 1. The lowest BCUT2D eigenvalue weighted by molar-refractivity contribution is 0.340. The van der Waals surface area contributed by atoms with Gasteiger partial charge in [0.05, 0.1) is 5.69 Å². The van der Waals surface area contributed by atoms with Crippen molar-refractivity contribution in [2.24, 2.45) is 5.92 Å². The zero-order chi connectivity index (χ0) is 13.8. The van der Waals surface area contributed by atoms with Crippen LogP contribution in [-0.2, 0) is 0 Å². The van der Waals surface area contributed by atoms with Crippen molar-refractivity contribution in [2.75, 3.05) is 0 Å². The van der Waals surface area contributed by atoms with E-state index in [1.54, 1.807) is 0 Å². The van der Waals surface area contributed by atoms with Gasteiger partial charge in [-0.05, 0) is 49.3 Å². The SMILES string of the molecule is C[C@@H](NC(c1cccs1)C1CCCC1)c1ccccn1. The van der Waals surface area contributed by atoms with Gasteiger partial charge >= 0.3 is 0 Å². The van der Waals surface area contributed by atoms with E-state index in [0.717, 1.165) is 11.6 Å². The van der Waals surface area contributed by atoms with Crippen molar-refractivity contribution in [1.82, 2.24) is 10.3 Å².